The Balaban J connectivity index is 2.53. The van der Waals surface area contributed by atoms with Crippen molar-refractivity contribution in [2.24, 2.45) is 0 Å². The number of carbonyl (C=O) groups excluding carboxylic acids is 1. The molecule has 0 radical (unpaired) electrons. The van der Waals surface area contributed by atoms with Gasteiger partial charge >= 0.3 is 5.97 Å². The zero-order valence-electron chi connectivity index (χ0n) is 9.71. The van der Waals surface area contributed by atoms with Gasteiger partial charge in [-0.2, -0.15) is 0 Å². The highest BCUT2D eigenvalue weighted by molar-refractivity contribution is 7.86. The van der Waals surface area contributed by atoms with E-state index in [-0.39, 0.29) is 5.75 Å². The molecule has 0 bridgehead atoms. The second-order valence-electron chi connectivity index (χ2n) is 3.40. The number of amides is 1. The molecule has 2 N–H and O–H groups in total. The van der Waals surface area contributed by atoms with Gasteiger partial charge in [-0.15, -0.1) is 0 Å². The Morgan fingerprint density at radius 3 is 2.72 bits per heavy atom. The van der Waals surface area contributed by atoms with Gasteiger partial charge in [0.1, 0.15) is 17.3 Å². The Kier molecular flexibility index (Phi) is 5.31. The summed E-state index contributed by atoms with van der Waals surface area (Å²) in [4.78, 5) is 21.8. The summed E-state index contributed by atoms with van der Waals surface area (Å²) in [6.07, 6.45) is 0. The van der Waals surface area contributed by atoms with E-state index in [1.54, 1.807) is 24.3 Å². The zero-order chi connectivity index (χ0) is 13.5. The molecule has 0 spiro atoms. The lowest BCUT2D eigenvalue weighted by Gasteiger charge is -2.06. The lowest BCUT2D eigenvalue weighted by Crippen LogP contribution is -2.23. The summed E-state index contributed by atoms with van der Waals surface area (Å²) in [5.74, 6) is -1.99. The molecular formula is C11H13NO5S. The summed E-state index contributed by atoms with van der Waals surface area (Å²) >= 11 is 0. The number of carbonyl (C=O) groups is 2. The van der Waals surface area contributed by atoms with Crippen molar-refractivity contribution in [2.45, 2.75) is 0 Å². The number of rotatable bonds is 6. The van der Waals surface area contributed by atoms with E-state index in [9.17, 15) is 13.8 Å². The van der Waals surface area contributed by atoms with Gasteiger partial charge in [0.05, 0.1) is 7.11 Å². The van der Waals surface area contributed by atoms with Crippen molar-refractivity contribution in [1.29, 1.82) is 0 Å². The van der Waals surface area contributed by atoms with E-state index in [0.29, 0.717) is 11.4 Å². The molecule has 0 saturated heterocycles. The van der Waals surface area contributed by atoms with Crippen LogP contribution in [0.4, 0.5) is 5.69 Å². The maximum Gasteiger partial charge on any atom is 0.316 e. The third-order valence-corrected chi connectivity index (χ3v) is 3.08. The van der Waals surface area contributed by atoms with E-state index in [2.05, 4.69) is 5.32 Å². The standard InChI is InChI=1S/C11H13NO5S/c1-17-9-4-2-3-8(5-9)12-10(13)6-18(16)7-11(14)15/h2-5H,6-7H2,1H3,(H,12,13)(H,14,15). The van der Waals surface area contributed by atoms with Gasteiger partial charge in [0, 0.05) is 22.6 Å². The van der Waals surface area contributed by atoms with Gasteiger partial charge in [0.25, 0.3) is 0 Å². The summed E-state index contributed by atoms with van der Waals surface area (Å²) in [7, 11) is -0.201. The molecule has 0 saturated carbocycles. The maximum atomic E-state index is 11.5. The van der Waals surface area contributed by atoms with E-state index in [1.807, 2.05) is 0 Å². The van der Waals surface area contributed by atoms with Crippen molar-refractivity contribution in [3.8, 4) is 5.75 Å². The van der Waals surface area contributed by atoms with Gasteiger partial charge in [0.15, 0.2) is 0 Å². The van der Waals surface area contributed by atoms with Crippen LogP contribution in [0.2, 0.25) is 0 Å². The average molecular weight is 271 g/mol. The number of anilines is 1. The summed E-state index contributed by atoms with van der Waals surface area (Å²) in [6, 6.07) is 6.68. The fraction of sp³-hybridized carbons (Fsp3) is 0.273. The van der Waals surface area contributed by atoms with E-state index < -0.39 is 28.4 Å². The van der Waals surface area contributed by atoms with Gasteiger partial charge in [-0.3, -0.25) is 13.8 Å². The Morgan fingerprint density at radius 1 is 1.39 bits per heavy atom. The summed E-state index contributed by atoms with van der Waals surface area (Å²) in [5, 5.41) is 10.9. The number of benzene rings is 1. The van der Waals surface area contributed by atoms with E-state index in [0.717, 1.165) is 0 Å². The first-order valence-corrected chi connectivity index (χ1v) is 6.50. The number of ether oxygens (including phenoxy) is 1. The maximum absolute atomic E-state index is 11.5. The van der Waals surface area contributed by atoms with Gasteiger partial charge in [-0.1, -0.05) is 6.07 Å². The molecule has 0 fully saturated rings. The van der Waals surface area contributed by atoms with Gasteiger partial charge in [-0.25, -0.2) is 0 Å². The molecule has 1 atom stereocenters. The highest BCUT2D eigenvalue weighted by atomic mass is 32.2. The molecule has 0 aliphatic heterocycles. The van der Waals surface area contributed by atoms with E-state index >= 15 is 0 Å². The third kappa shape index (κ3) is 4.96. The minimum absolute atomic E-state index is 0.344. The lowest BCUT2D eigenvalue weighted by molar-refractivity contribution is -0.133. The number of hydrogen-bond acceptors (Lipinski definition) is 4. The number of carboxylic acid groups (broad SMARTS) is 1. The first kappa shape index (κ1) is 14.2. The van der Waals surface area contributed by atoms with Gasteiger partial charge in [0.2, 0.25) is 5.91 Å². The van der Waals surface area contributed by atoms with Crippen LogP contribution in [0.25, 0.3) is 0 Å². The molecule has 1 aromatic carbocycles. The normalized spacial score (nSPS) is 11.6. The summed E-state index contributed by atoms with van der Waals surface area (Å²) in [5.41, 5.74) is 0.506. The number of methoxy groups -OCH3 is 1. The van der Waals surface area contributed by atoms with Crippen molar-refractivity contribution >= 4 is 28.4 Å². The summed E-state index contributed by atoms with van der Waals surface area (Å²) < 4.78 is 16.2. The SMILES string of the molecule is COc1cccc(NC(=O)CS(=O)CC(=O)O)c1. The molecule has 0 aliphatic rings. The van der Waals surface area contributed by atoms with Crippen LogP contribution in [0.15, 0.2) is 24.3 Å². The number of aliphatic carboxylic acids is 1. The lowest BCUT2D eigenvalue weighted by atomic mass is 10.3. The summed E-state index contributed by atoms with van der Waals surface area (Å²) in [6.45, 7) is 0. The molecule has 1 aromatic rings. The van der Waals surface area contributed by atoms with Crippen molar-refractivity contribution < 1.29 is 23.6 Å². The Hall–Kier alpha value is -1.89. The van der Waals surface area contributed by atoms with Crippen LogP contribution in [0.1, 0.15) is 0 Å². The highest BCUT2D eigenvalue weighted by Gasteiger charge is 2.11. The van der Waals surface area contributed by atoms with E-state index in [1.165, 1.54) is 7.11 Å². The predicted octanol–water partition coefficient (Wildman–Crippen LogP) is 0.467. The molecule has 18 heavy (non-hydrogen) atoms. The molecule has 0 aromatic heterocycles. The van der Waals surface area contributed by atoms with Crippen LogP contribution in [-0.4, -0.2) is 39.8 Å². The Labute approximate surface area is 106 Å². The second-order valence-corrected chi connectivity index (χ2v) is 4.86. The monoisotopic (exact) mass is 271 g/mol. The van der Waals surface area contributed by atoms with Crippen LogP contribution in [0.3, 0.4) is 0 Å². The minimum Gasteiger partial charge on any atom is -0.497 e. The predicted molar refractivity (Wildman–Crippen MR) is 67.1 cm³/mol. The molecule has 6 nitrogen and oxygen atoms in total. The molecule has 1 unspecified atom stereocenters. The van der Waals surface area contributed by atoms with Crippen molar-refractivity contribution in [3.05, 3.63) is 24.3 Å². The van der Waals surface area contributed by atoms with Gasteiger partial charge < -0.3 is 15.2 Å². The third-order valence-electron chi connectivity index (χ3n) is 1.93. The Bertz CT molecular complexity index is 474. The molecule has 1 rings (SSSR count). The average Bonchev–Trinajstić information content (AvgIpc) is 2.27. The number of nitrogens with one attached hydrogen (secondary N) is 1. The van der Waals surface area contributed by atoms with Crippen molar-refractivity contribution in [1.82, 2.24) is 0 Å². The first-order chi connectivity index (χ1) is 8.51. The molecular weight excluding hydrogens is 258 g/mol. The minimum atomic E-state index is -1.70. The largest absolute Gasteiger partial charge is 0.497 e. The quantitative estimate of drug-likeness (QED) is 0.784. The second kappa shape index (κ2) is 6.75. The van der Waals surface area contributed by atoms with Crippen LogP contribution in [0, 0.1) is 0 Å². The first-order valence-electron chi connectivity index (χ1n) is 5.02. The van der Waals surface area contributed by atoms with Crippen LogP contribution < -0.4 is 10.1 Å². The molecule has 1 amide bonds. The molecule has 0 heterocycles. The topological polar surface area (TPSA) is 92.7 Å². The Morgan fingerprint density at radius 2 is 2.11 bits per heavy atom. The fourth-order valence-corrected chi connectivity index (χ4v) is 1.97. The highest BCUT2D eigenvalue weighted by Crippen LogP contribution is 2.16. The molecule has 98 valence electrons. The van der Waals surface area contributed by atoms with Crippen LogP contribution in [0.5, 0.6) is 5.75 Å². The molecule has 7 heteroatoms. The van der Waals surface area contributed by atoms with E-state index in [4.69, 9.17) is 9.84 Å². The van der Waals surface area contributed by atoms with Crippen LogP contribution >= 0.6 is 0 Å². The molecule has 0 aliphatic carbocycles. The number of hydrogen-bond donors (Lipinski definition) is 2. The van der Waals surface area contributed by atoms with Crippen molar-refractivity contribution in [3.63, 3.8) is 0 Å². The smallest absolute Gasteiger partial charge is 0.316 e. The van der Waals surface area contributed by atoms with Gasteiger partial charge in [-0.05, 0) is 12.1 Å². The van der Waals surface area contributed by atoms with Crippen LogP contribution in [-0.2, 0) is 20.4 Å². The fourth-order valence-electron chi connectivity index (χ4n) is 1.23. The zero-order valence-corrected chi connectivity index (χ0v) is 10.5. The number of carboxylic acids is 1. The van der Waals surface area contributed by atoms with Crippen molar-refractivity contribution in [2.75, 3.05) is 23.9 Å².